The number of amides is 1. The second kappa shape index (κ2) is 9.23. The van der Waals surface area contributed by atoms with Crippen LogP contribution in [0, 0.1) is 6.92 Å². The van der Waals surface area contributed by atoms with E-state index in [-0.39, 0.29) is 18.3 Å². The Labute approximate surface area is 143 Å². The molecule has 124 valence electrons. The van der Waals surface area contributed by atoms with Crippen LogP contribution in [-0.2, 0) is 4.79 Å². The van der Waals surface area contributed by atoms with Gasteiger partial charge in [-0.25, -0.2) is 0 Å². The summed E-state index contributed by atoms with van der Waals surface area (Å²) in [7, 11) is 0. The number of hydrogen-bond donors (Lipinski definition) is 1. The minimum absolute atomic E-state index is 0. The molecule has 1 aliphatic heterocycles. The number of aryl methyl sites for hydroxylation is 1. The van der Waals surface area contributed by atoms with E-state index in [1.807, 2.05) is 30.0 Å². The fourth-order valence-electron chi connectivity index (χ4n) is 2.44. The third-order valence-electron chi connectivity index (χ3n) is 3.65. The molecular formula is C16H24Cl2N2O2. The van der Waals surface area contributed by atoms with E-state index < -0.39 is 0 Å². The van der Waals surface area contributed by atoms with E-state index in [0.29, 0.717) is 19.1 Å². The molecule has 1 N–H and O–H groups in total. The molecule has 22 heavy (non-hydrogen) atoms. The first-order valence-corrected chi connectivity index (χ1v) is 7.84. The van der Waals surface area contributed by atoms with Crippen molar-refractivity contribution in [3.8, 4) is 5.75 Å². The minimum Gasteiger partial charge on any atom is -0.494 e. The van der Waals surface area contributed by atoms with Gasteiger partial charge < -0.3 is 15.0 Å². The normalized spacial score (nSPS) is 17.8. The first-order chi connectivity index (χ1) is 10.1. The summed E-state index contributed by atoms with van der Waals surface area (Å²) in [6.45, 7) is 7.09. The first kappa shape index (κ1) is 19.1. The standard InChI is InChI=1S/C16H23ClN2O2.ClH/c1-12-10-14(5-6-15(12)17)21-9-3-4-16(20)19-8-7-18-13(2)11-19;/h5-6,10,13,18H,3-4,7-9,11H2,1-2H3;1H. The molecule has 0 aromatic heterocycles. The summed E-state index contributed by atoms with van der Waals surface area (Å²) < 4.78 is 5.66. The summed E-state index contributed by atoms with van der Waals surface area (Å²) in [5.41, 5.74) is 1.00. The fourth-order valence-corrected chi connectivity index (χ4v) is 2.55. The van der Waals surface area contributed by atoms with Gasteiger partial charge in [-0.05, 0) is 44.0 Å². The zero-order valence-corrected chi connectivity index (χ0v) is 14.7. The Morgan fingerprint density at radius 1 is 1.50 bits per heavy atom. The highest BCUT2D eigenvalue weighted by Gasteiger charge is 2.19. The van der Waals surface area contributed by atoms with Crippen molar-refractivity contribution in [2.75, 3.05) is 26.2 Å². The van der Waals surface area contributed by atoms with Gasteiger partial charge in [-0.15, -0.1) is 12.4 Å². The van der Waals surface area contributed by atoms with E-state index in [4.69, 9.17) is 16.3 Å². The molecule has 0 saturated carbocycles. The fraction of sp³-hybridized carbons (Fsp3) is 0.562. The van der Waals surface area contributed by atoms with Gasteiger partial charge >= 0.3 is 0 Å². The summed E-state index contributed by atoms with van der Waals surface area (Å²) in [4.78, 5) is 14.0. The summed E-state index contributed by atoms with van der Waals surface area (Å²) in [5.74, 6) is 1.03. The molecular weight excluding hydrogens is 323 g/mol. The second-order valence-corrected chi connectivity index (χ2v) is 5.97. The molecule has 1 unspecified atom stereocenters. The van der Waals surface area contributed by atoms with Crippen molar-refractivity contribution >= 4 is 29.9 Å². The van der Waals surface area contributed by atoms with E-state index >= 15 is 0 Å². The predicted molar refractivity (Wildman–Crippen MR) is 92.2 cm³/mol. The molecule has 1 atom stereocenters. The smallest absolute Gasteiger partial charge is 0.222 e. The Kier molecular flexibility index (Phi) is 8.01. The Morgan fingerprint density at radius 2 is 2.27 bits per heavy atom. The maximum Gasteiger partial charge on any atom is 0.222 e. The molecule has 1 heterocycles. The lowest BCUT2D eigenvalue weighted by Gasteiger charge is -2.32. The van der Waals surface area contributed by atoms with E-state index in [2.05, 4.69) is 12.2 Å². The molecule has 0 aliphatic carbocycles. The van der Waals surface area contributed by atoms with Gasteiger partial charge in [0, 0.05) is 37.1 Å². The average Bonchev–Trinajstić information content (AvgIpc) is 2.47. The lowest BCUT2D eigenvalue weighted by atomic mass is 10.2. The number of halogens is 2. The van der Waals surface area contributed by atoms with Gasteiger partial charge in [-0.1, -0.05) is 11.6 Å². The topological polar surface area (TPSA) is 41.6 Å². The minimum atomic E-state index is 0. The molecule has 1 aromatic rings. The highest BCUT2D eigenvalue weighted by atomic mass is 35.5. The molecule has 0 bridgehead atoms. The SMILES string of the molecule is Cc1cc(OCCCC(=O)N2CCNC(C)C2)ccc1Cl.Cl. The van der Waals surface area contributed by atoms with Crippen molar-refractivity contribution < 1.29 is 9.53 Å². The van der Waals surface area contributed by atoms with Crippen molar-refractivity contribution in [2.24, 2.45) is 0 Å². The van der Waals surface area contributed by atoms with Gasteiger partial charge in [0.05, 0.1) is 6.61 Å². The lowest BCUT2D eigenvalue weighted by molar-refractivity contribution is -0.132. The van der Waals surface area contributed by atoms with Crippen LogP contribution in [0.4, 0.5) is 0 Å². The zero-order valence-electron chi connectivity index (χ0n) is 13.1. The summed E-state index contributed by atoms with van der Waals surface area (Å²) in [6.07, 6.45) is 1.28. The number of benzene rings is 1. The Hall–Kier alpha value is -0.970. The molecule has 4 nitrogen and oxygen atoms in total. The van der Waals surface area contributed by atoms with Crippen LogP contribution in [0.3, 0.4) is 0 Å². The largest absolute Gasteiger partial charge is 0.494 e. The molecule has 1 saturated heterocycles. The van der Waals surface area contributed by atoms with E-state index in [1.54, 1.807) is 0 Å². The maximum atomic E-state index is 12.1. The van der Waals surface area contributed by atoms with E-state index in [0.717, 1.165) is 42.4 Å². The molecule has 0 spiro atoms. The maximum absolute atomic E-state index is 12.1. The molecule has 6 heteroatoms. The second-order valence-electron chi connectivity index (χ2n) is 5.56. The Bertz CT molecular complexity index is 497. The van der Waals surface area contributed by atoms with Gasteiger partial charge in [-0.2, -0.15) is 0 Å². The number of hydrogen-bond acceptors (Lipinski definition) is 3. The number of carbonyl (C=O) groups is 1. The highest BCUT2D eigenvalue weighted by molar-refractivity contribution is 6.31. The van der Waals surface area contributed by atoms with Crippen LogP contribution in [0.25, 0.3) is 0 Å². The molecule has 0 radical (unpaired) electrons. The lowest BCUT2D eigenvalue weighted by Crippen LogP contribution is -2.51. The van der Waals surface area contributed by atoms with Crippen LogP contribution < -0.4 is 10.1 Å². The number of piperazine rings is 1. The monoisotopic (exact) mass is 346 g/mol. The van der Waals surface area contributed by atoms with Gasteiger partial charge in [0.1, 0.15) is 5.75 Å². The third-order valence-corrected chi connectivity index (χ3v) is 4.08. The van der Waals surface area contributed by atoms with Crippen molar-refractivity contribution in [3.05, 3.63) is 28.8 Å². The number of carbonyl (C=O) groups excluding carboxylic acids is 1. The molecule has 2 rings (SSSR count). The number of ether oxygens (including phenoxy) is 1. The first-order valence-electron chi connectivity index (χ1n) is 7.46. The van der Waals surface area contributed by atoms with Crippen LogP contribution in [-0.4, -0.2) is 43.1 Å². The summed E-state index contributed by atoms with van der Waals surface area (Å²) >= 11 is 5.97. The Balaban J connectivity index is 0.00000242. The van der Waals surface area contributed by atoms with Crippen LogP contribution in [0.5, 0.6) is 5.75 Å². The predicted octanol–water partition coefficient (Wildman–Crippen LogP) is 3.05. The van der Waals surface area contributed by atoms with Crippen LogP contribution in [0.2, 0.25) is 5.02 Å². The van der Waals surface area contributed by atoms with Crippen LogP contribution >= 0.6 is 24.0 Å². The Morgan fingerprint density at radius 3 is 2.95 bits per heavy atom. The van der Waals surface area contributed by atoms with E-state index in [1.165, 1.54) is 0 Å². The van der Waals surface area contributed by atoms with Crippen molar-refractivity contribution in [1.82, 2.24) is 10.2 Å². The molecule has 1 aliphatic rings. The highest BCUT2D eigenvalue weighted by Crippen LogP contribution is 2.21. The third kappa shape index (κ3) is 5.67. The molecule has 1 fully saturated rings. The van der Waals surface area contributed by atoms with Gasteiger partial charge in [-0.3, -0.25) is 4.79 Å². The van der Waals surface area contributed by atoms with Gasteiger partial charge in [0.25, 0.3) is 0 Å². The van der Waals surface area contributed by atoms with Crippen molar-refractivity contribution in [2.45, 2.75) is 32.7 Å². The molecule has 1 amide bonds. The van der Waals surface area contributed by atoms with Crippen LogP contribution in [0.15, 0.2) is 18.2 Å². The van der Waals surface area contributed by atoms with Crippen molar-refractivity contribution in [1.29, 1.82) is 0 Å². The van der Waals surface area contributed by atoms with Crippen molar-refractivity contribution in [3.63, 3.8) is 0 Å². The summed E-state index contributed by atoms with van der Waals surface area (Å²) in [5, 5.41) is 4.08. The zero-order chi connectivity index (χ0) is 15.2. The number of rotatable bonds is 5. The quantitative estimate of drug-likeness (QED) is 0.833. The summed E-state index contributed by atoms with van der Waals surface area (Å²) in [6, 6.07) is 5.99. The average molecular weight is 347 g/mol. The van der Waals surface area contributed by atoms with Gasteiger partial charge in [0.15, 0.2) is 0 Å². The number of nitrogens with one attached hydrogen (secondary N) is 1. The van der Waals surface area contributed by atoms with Gasteiger partial charge in [0.2, 0.25) is 5.91 Å². The molecule has 1 aromatic carbocycles. The van der Waals surface area contributed by atoms with E-state index in [9.17, 15) is 4.79 Å². The number of nitrogens with zero attached hydrogens (tertiary/aromatic N) is 1. The van der Waals surface area contributed by atoms with Crippen LogP contribution in [0.1, 0.15) is 25.3 Å².